The molecule has 0 spiro atoms. The highest BCUT2D eigenvalue weighted by Crippen LogP contribution is 2.20. The molecule has 6 heteroatoms. The Balaban J connectivity index is 2.15. The first-order valence-electron chi connectivity index (χ1n) is 5.43. The fraction of sp³-hybridized carbons (Fsp3) is 0.154. The number of hydrogen-bond acceptors (Lipinski definition) is 2. The fourth-order valence-electron chi connectivity index (χ4n) is 1.59. The minimum atomic E-state index is -0.883. The summed E-state index contributed by atoms with van der Waals surface area (Å²) in [5.41, 5.74) is 1.43. The molecule has 2 nitrogen and oxygen atoms in total. The number of halogens is 3. The molecule has 0 atom stereocenters. The first kappa shape index (κ1) is 14.1. The number of aryl methyl sites for hydroxylation is 1. The van der Waals surface area contributed by atoms with Crippen LogP contribution in [0.1, 0.15) is 21.5 Å². The molecule has 2 aromatic rings. The molecule has 0 fully saturated rings. The summed E-state index contributed by atoms with van der Waals surface area (Å²) in [6.07, 6.45) is 0. The number of thiophene rings is 1. The first-order valence-corrected chi connectivity index (χ1v) is 7.17. The maximum absolute atomic E-state index is 13.6. The molecule has 0 aliphatic heterocycles. The van der Waals surface area contributed by atoms with Gasteiger partial charge >= 0.3 is 0 Å². The van der Waals surface area contributed by atoms with Crippen molar-refractivity contribution in [2.75, 3.05) is 0 Å². The summed E-state index contributed by atoms with van der Waals surface area (Å²) in [6.45, 7) is 2.17. The first-order chi connectivity index (χ1) is 8.99. The molecule has 0 aliphatic rings. The average molecular weight is 346 g/mol. The highest BCUT2D eigenvalue weighted by atomic mass is 79.9. The van der Waals surface area contributed by atoms with Gasteiger partial charge in [-0.3, -0.25) is 4.79 Å². The molecule has 0 saturated carbocycles. The number of carbonyl (C=O) groups is 1. The van der Waals surface area contributed by atoms with Crippen molar-refractivity contribution in [2.24, 2.45) is 0 Å². The van der Waals surface area contributed by atoms with Gasteiger partial charge in [-0.2, -0.15) is 11.3 Å². The second-order valence-corrected chi connectivity index (χ2v) is 5.67. The quantitative estimate of drug-likeness (QED) is 0.893. The Labute approximate surface area is 121 Å². The Hall–Kier alpha value is -1.27. The number of hydrogen-bond donors (Lipinski definition) is 1. The minimum absolute atomic E-state index is 0.253. The highest BCUT2D eigenvalue weighted by Gasteiger charge is 2.18. The molecular weight excluding hydrogens is 336 g/mol. The van der Waals surface area contributed by atoms with E-state index in [1.165, 1.54) is 11.3 Å². The van der Waals surface area contributed by atoms with Crippen molar-refractivity contribution in [3.05, 3.63) is 55.7 Å². The molecule has 0 bridgehead atoms. The van der Waals surface area contributed by atoms with Gasteiger partial charge in [0.05, 0.1) is 0 Å². The predicted molar refractivity (Wildman–Crippen MR) is 74.3 cm³/mol. The molecule has 1 N–H and O–H groups in total. The zero-order valence-electron chi connectivity index (χ0n) is 9.97. The van der Waals surface area contributed by atoms with Gasteiger partial charge in [0, 0.05) is 11.0 Å². The van der Waals surface area contributed by atoms with Crippen LogP contribution in [0, 0.1) is 18.6 Å². The van der Waals surface area contributed by atoms with Crippen LogP contribution < -0.4 is 5.32 Å². The Bertz CT molecular complexity index is 604. The molecule has 1 aromatic heterocycles. The molecule has 19 heavy (non-hydrogen) atoms. The van der Waals surface area contributed by atoms with Crippen LogP contribution in [0.4, 0.5) is 8.78 Å². The van der Waals surface area contributed by atoms with Crippen LogP contribution in [0.5, 0.6) is 0 Å². The maximum Gasteiger partial charge on any atom is 0.257 e. The Morgan fingerprint density at radius 1 is 1.32 bits per heavy atom. The monoisotopic (exact) mass is 345 g/mol. The fourth-order valence-corrected chi connectivity index (χ4v) is 2.85. The Morgan fingerprint density at radius 3 is 2.47 bits per heavy atom. The standard InChI is InChI=1S/C13H10BrF2NOS/c1-7-5-19-6-8(7)4-17-13(18)12-10(15)2-9(14)3-11(12)16/h2-3,5-6H,4H2,1H3,(H,17,18). The second kappa shape index (κ2) is 5.79. The van der Waals surface area contributed by atoms with Crippen molar-refractivity contribution >= 4 is 33.2 Å². The molecule has 2 rings (SSSR count). The lowest BCUT2D eigenvalue weighted by Gasteiger charge is -2.07. The van der Waals surface area contributed by atoms with Crippen molar-refractivity contribution in [2.45, 2.75) is 13.5 Å². The lowest BCUT2D eigenvalue weighted by atomic mass is 10.1. The largest absolute Gasteiger partial charge is 0.348 e. The number of rotatable bonds is 3. The van der Waals surface area contributed by atoms with Crippen LogP contribution in [-0.2, 0) is 6.54 Å². The van der Waals surface area contributed by atoms with Crippen LogP contribution in [-0.4, -0.2) is 5.91 Å². The van der Waals surface area contributed by atoms with Crippen molar-refractivity contribution in [1.29, 1.82) is 0 Å². The summed E-state index contributed by atoms with van der Waals surface area (Å²) >= 11 is 4.48. The van der Waals surface area contributed by atoms with Crippen molar-refractivity contribution in [3.63, 3.8) is 0 Å². The van der Waals surface area contributed by atoms with Gasteiger partial charge in [-0.05, 0) is 40.9 Å². The van der Waals surface area contributed by atoms with E-state index in [1.807, 2.05) is 17.7 Å². The molecule has 1 aromatic carbocycles. The Morgan fingerprint density at radius 2 is 1.95 bits per heavy atom. The van der Waals surface area contributed by atoms with E-state index in [1.54, 1.807) is 0 Å². The molecule has 0 saturated heterocycles. The zero-order valence-corrected chi connectivity index (χ0v) is 12.4. The van der Waals surface area contributed by atoms with Crippen LogP contribution >= 0.6 is 27.3 Å². The SMILES string of the molecule is Cc1cscc1CNC(=O)c1c(F)cc(Br)cc1F. The van der Waals surface area contributed by atoms with E-state index in [0.29, 0.717) is 0 Å². The van der Waals surface area contributed by atoms with Gasteiger partial charge in [0.15, 0.2) is 0 Å². The van der Waals surface area contributed by atoms with Crippen LogP contribution in [0.25, 0.3) is 0 Å². The molecule has 0 aliphatic carbocycles. The minimum Gasteiger partial charge on any atom is -0.348 e. The van der Waals surface area contributed by atoms with Gasteiger partial charge in [-0.1, -0.05) is 15.9 Å². The summed E-state index contributed by atoms with van der Waals surface area (Å²) < 4.78 is 27.4. The molecule has 1 heterocycles. The third-order valence-electron chi connectivity index (χ3n) is 2.63. The van der Waals surface area contributed by atoms with E-state index in [4.69, 9.17) is 0 Å². The van der Waals surface area contributed by atoms with Gasteiger partial charge in [0.2, 0.25) is 0 Å². The number of benzene rings is 1. The van der Waals surface area contributed by atoms with E-state index in [-0.39, 0.29) is 11.0 Å². The molecule has 1 amide bonds. The lowest BCUT2D eigenvalue weighted by Crippen LogP contribution is -2.25. The highest BCUT2D eigenvalue weighted by molar-refractivity contribution is 9.10. The average Bonchev–Trinajstić information content (AvgIpc) is 2.70. The normalized spacial score (nSPS) is 10.5. The van der Waals surface area contributed by atoms with Gasteiger partial charge in [0.25, 0.3) is 5.91 Å². The maximum atomic E-state index is 13.6. The van der Waals surface area contributed by atoms with Crippen molar-refractivity contribution in [3.8, 4) is 0 Å². The number of carbonyl (C=O) groups excluding carboxylic acids is 1. The summed E-state index contributed by atoms with van der Waals surface area (Å²) in [7, 11) is 0. The van der Waals surface area contributed by atoms with Crippen LogP contribution in [0.15, 0.2) is 27.4 Å². The Kier molecular flexibility index (Phi) is 4.31. The zero-order chi connectivity index (χ0) is 14.0. The number of nitrogens with one attached hydrogen (secondary N) is 1. The topological polar surface area (TPSA) is 29.1 Å². The van der Waals surface area contributed by atoms with E-state index in [9.17, 15) is 13.6 Å². The van der Waals surface area contributed by atoms with E-state index < -0.39 is 23.1 Å². The summed E-state index contributed by atoms with van der Waals surface area (Å²) in [4.78, 5) is 11.8. The lowest BCUT2D eigenvalue weighted by molar-refractivity contribution is 0.0942. The molecule has 0 unspecified atom stereocenters. The third-order valence-corrected chi connectivity index (χ3v) is 4.00. The van der Waals surface area contributed by atoms with Gasteiger partial charge in [-0.25, -0.2) is 8.78 Å². The molecule has 0 radical (unpaired) electrons. The number of amides is 1. The second-order valence-electron chi connectivity index (χ2n) is 4.01. The summed E-state index contributed by atoms with van der Waals surface area (Å²) in [5.74, 6) is -2.52. The van der Waals surface area contributed by atoms with E-state index in [0.717, 1.165) is 23.3 Å². The van der Waals surface area contributed by atoms with Crippen LogP contribution in [0.2, 0.25) is 0 Å². The van der Waals surface area contributed by atoms with E-state index in [2.05, 4.69) is 21.2 Å². The summed E-state index contributed by atoms with van der Waals surface area (Å²) in [5, 5.41) is 6.36. The van der Waals surface area contributed by atoms with E-state index >= 15 is 0 Å². The van der Waals surface area contributed by atoms with Gasteiger partial charge in [0.1, 0.15) is 17.2 Å². The third kappa shape index (κ3) is 3.19. The van der Waals surface area contributed by atoms with Gasteiger partial charge in [-0.15, -0.1) is 0 Å². The molecule has 100 valence electrons. The molecular formula is C13H10BrF2NOS. The van der Waals surface area contributed by atoms with Crippen LogP contribution in [0.3, 0.4) is 0 Å². The predicted octanol–water partition coefficient (Wildman–Crippen LogP) is 4.03. The smallest absolute Gasteiger partial charge is 0.257 e. The summed E-state index contributed by atoms with van der Waals surface area (Å²) in [6, 6.07) is 2.13. The van der Waals surface area contributed by atoms with Crippen molar-refractivity contribution < 1.29 is 13.6 Å². The van der Waals surface area contributed by atoms with Crippen molar-refractivity contribution in [1.82, 2.24) is 5.32 Å². The van der Waals surface area contributed by atoms with Gasteiger partial charge < -0.3 is 5.32 Å².